The Labute approximate surface area is 170 Å². The lowest BCUT2D eigenvalue weighted by Crippen LogP contribution is -2.37. The van der Waals surface area contributed by atoms with Crippen molar-refractivity contribution in [3.63, 3.8) is 0 Å². The molecule has 0 aliphatic rings. The van der Waals surface area contributed by atoms with Gasteiger partial charge in [0.05, 0.1) is 11.6 Å². The molecule has 0 amide bonds. The van der Waals surface area contributed by atoms with E-state index in [0.717, 1.165) is 30.0 Å². The summed E-state index contributed by atoms with van der Waals surface area (Å²) >= 11 is 0. The number of halogens is 1. The van der Waals surface area contributed by atoms with Gasteiger partial charge >= 0.3 is 0 Å². The number of aromatic nitrogens is 1. The molecule has 0 unspecified atom stereocenters. The average Bonchev–Trinajstić information content (AvgIpc) is 3.08. The topological polar surface area (TPSA) is 76.0 Å². The van der Waals surface area contributed by atoms with E-state index in [1.54, 1.807) is 13.1 Å². The van der Waals surface area contributed by atoms with Gasteiger partial charge in [0, 0.05) is 37.2 Å². The number of aliphatic imine (C=N–C) groups is 1. The molecule has 0 aliphatic heterocycles. The number of aromatic amines is 1. The first kappa shape index (κ1) is 19.8. The molecule has 26 heavy (non-hydrogen) atoms. The molecule has 3 rings (SSSR count). The first-order valence-electron chi connectivity index (χ1n) is 8.28. The van der Waals surface area contributed by atoms with Crippen molar-refractivity contribution in [1.29, 1.82) is 5.26 Å². The van der Waals surface area contributed by atoms with Crippen LogP contribution in [0.1, 0.15) is 16.7 Å². The van der Waals surface area contributed by atoms with Gasteiger partial charge in [-0.2, -0.15) is 5.26 Å². The fraction of sp³-hybridized carbons (Fsp3) is 0.200. The van der Waals surface area contributed by atoms with Gasteiger partial charge in [0.1, 0.15) is 0 Å². The van der Waals surface area contributed by atoms with Crippen molar-refractivity contribution in [3.05, 3.63) is 71.4 Å². The lowest BCUT2D eigenvalue weighted by molar-refractivity contribution is 0.796. The molecule has 0 saturated carbocycles. The number of para-hydroxylation sites is 1. The normalized spacial score (nSPS) is 10.8. The van der Waals surface area contributed by atoms with Crippen LogP contribution in [0.15, 0.2) is 59.7 Å². The number of guanidine groups is 1. The predicted molar refractivity (Wildman–Crippen MR) is 117 cm³/mol. The second kappa shape index (κ2) is 9.82. The molecule has 3 N–H and O–H groups in total. The Morgan fingerprint density at radius 1 is 1.15 bits per heavy atom. The summed E-state index contributed by atoms with van der Waals surface area (Å²) in [5.41, 5.74) is 4.18. The number of benzene rings is 2. The van der Waals surface area contributed by atoms with Crippen molar-refractivity contribution in [2.24, 2.45) is 4.99 Å². The zero-order valence-corrected chi connectivity index (χ0v) is 17.0. The van der Waals surface area contributed by atoms with E-state index in [1.807, 2.05) is 24.3 Å². The third-order valence-electron chi connectivity index (χ3n) is 4.10. The summed E-state index contributed by atoms with van der Waals surface area (Å²) in [7, 11) is 1.76. The number of nitrogens with one attached hydrogen (secondary N) is 3. The van der Waals surface area contributed by atoms with Gasteiger partial charge in [-0.05, 0) is 35.7 Å². The molecule has 0 bridgehead atoms. The van der Waals surface area contributed by atoms with Crippen LogP contribution in [0.3, 0.4) is 0 Å². The van der Waals surface area contributed by atoms with Crippen molar-refractivity contribution in [2.75, 3.05) is 13.6 Å². The molecule has 3 aromatic rings. The fourth-order valence-electron chi connectivity index (χ4n) is 2.81. The number of hydrogen-bond donors (Lipinski definition) is 3. The molecule has 1 aromatic heterocycles. The molecule has 5 nitrogen and oxygen atoms in total. The standard InChI is InChI=1S/C20H21N5.HI/c1-22-20(25-13-16-6-4-5-15(11-16)12-21)23-10-9-17-14-24-19-8-3-2-7-18(17)19;/h2-8,11,14,24H,9-10,13H2,1H3,(H2,22,23,25);1H. The summed E-state index contributed by atoms with van der Waals surface area (Å²) in [6, 6.07) is 18.0. The third kappa shape index (κ3) is 4.99. The number of rotatable bonds is 5. The molecular formula is C20H22IN5. The van der Waals surface area contributed by atoms with Crippen LogP contribution in [0.4, 0.5) is 0 Å². The summed E-state index contributed by atoms with van der Waals surface area (Å²) in [4.78, 5) is 7.55. The van der Waals surface area contributed by atoms with Crippen LogP contribution >= 0.6 is 24.0 Å². The van der Waals surface area contributed by atoms with Crippen molar-refractivity contribution in [1.82, 2.24) is 15.6 Å². The minimum Gasteiger partial charge on any atom is -0.361 e. The molecule has 0 fully saturated rings. The van der Waals surface area contributed by atoms with Gasteiger partial charge in [0.15, 0.2) is 5.96 Å². The molecule has 0 radical (unpaired) electrons. The van der Waals surface area contributed by atoms with E-state index in [2.05, 4.69) is 51.1 Å². The molecule has 6 heteroatoms. The highest BCUT2D eigenvalue weighted by Crippen LogP contribution is 2.17. The second-order valence-electron chi connectivity index (χ2n) is 5.77. The van der Waals surface area contributed by atoms with Crippen LogP contribution < -0.4 is 10.6 Å². The van der Waals surface area contributed by atoms with Crippen LogP contribution in [0.25, 0.3) is 10.9 Å². The summed E-state index contributed by atoms with van der Waals surface area (Å²) < 4.78 is 0. The smallest absolute Gasteiger partial charge is 0.191 e. The maximum Gasteiger partial charge on any atom is 0.191 e. The van der Waals surface area contributed by atoms with Crippen LogP contribution in [0, 0.1) is 11.3 Å². The summed E-state index contributed by atoms with van der Waals surface area (Å²) in [5.74, 6) is 0.752. The Kier molecular flexibility index (Phi) is 7.48. The van der Waals surface area contributed by atoms with Crippen LogP contribution in [-0.2, 0) is 13.0 Å². The predicted octanol–water partition coefficient (Wildman–Crippen LogP) is 3.57. The zero-order valence-electron chi connectivity index (χ0n) is 14.6. The molecule has 0 spiro atoms. The van der Waals surface area contributed by atoms with Crippen molar-refractivity contribution < 1.29 is 0 Å². The molecule has 0 atom stereocenters. The van der Waals surface area contributed by atoms with Gasteiger partial charge in [0.25, 0.3) is 0 Å². The van der Waals surface area contributed by atoms with Gasteiger partial charge in [-0.1, -0.05) is 30.3 Å². The molecule has 2 aromatic carbocycles. The Hall–Kier alpha value is -2.53. The second-order valence-corrected chi connectivity index (χ2v) is 5.77. The number of fused-ring (bicyclic) bond motifs is 1. The molecule has 0 aliphatic carbocycles. The van der Waals surface area contributed by atoms with E-state index < -0.39 is 0 Å². The molecule has 134 valence electrons. The van der Waals surface area contributed by atoms with E-state index in [0.29, 0.717) is 12.1 Å². The Morgan fingerprint density at radius 2 is 2.00 bits per heavy atom. The minimum atomic E-state index is 0. The van der Waals surface area contributed by atoms with E-state index in [-0.39, 0.29) is 24.0 Å². The van der Waals surface area contributed by atoms with E-state index in [9.17, 15) is 0 Å². The van der Waals surface area contributed by atoms with Crippen LogP contribution in [0.2, 0.25) is 0 Å². The number of nitriles is 1. The van der Waals surface area contributed by atoms with Crippen LogP contribution in [-0.4, -0.2) is 24.5 Å². The highest BCUT2D eigenvalue weighted by Gasteiger charge is 2.04. The maximum absolute atomic E-state index is 8.96. The number of hydrogen-bond acceptors (Lipinski definition) is 2. The third-order valence-corrected chi connectivity index (χ3v) is 4.10. The van der Waals surface area contributed by atoms with Gasteiger partial charge in [-0.3, -0.25) is 4.99 Å². The van der Waals surface area contributed by atoms with Crippen LogP contribution in [0.5, 0.6) is 0 Å². The summed E-state index contributed by atoms with van der Waals surface area (Å²) in [5, 5.41) is 16.8. The first-order chi connectivity index (χ1) is 12.3. The lowest BCUT2D eigenvalue weighted by atomic mass is 10.1. The lowest BCUT2D eigenvalue weighted by Gasteiger charge is -2.12. The SMILES string of the molecule is CN=C(NCCc1c[nH]c2ccccc12)NCc1cccc(C#N)c1.I. The quantitative estimate of drug-likeness (QED) is 0.310. The maximum atomic E-state index is 8.96. The molecular weight excluding hydrogens is 437 g/mol. The molecule has 0 saturated heterocycles. The van der Waals surface area contributed by atoms with Crippen molar-refractivity contribution in [3.8, 4) is 6.07 Å². The van der Waals surface area contributed by atoms with Gasteiger partial charge in [-0.15, -0.1) is 24.0 Å². The molecule has 1 heterocycles. The Morgan fingerprint density at radius 3 is 2.81 bits per heavy atom. The highest BCUT2D eigenvalue weighted by atomic mass is 127. The highest BCUT2D eigenvalue weighted by molar-refractivity contribution is 14.0. The fourth-order valence-corrected chi connectivity index (χ4v) is 2.81. The van der Waals surface area contributed by atoms with Gasteiger partial charge < -0.3 is 15.6 Å². The minimum absolute atomic E-state index is 0. The first-order valence-corrected chi connectivity index (χ1v) is 8.28. The summed E-state index contributed by atoms with van der Waals surface area (Å²) in [6.45, 7) is 1.42. The van der Waals surface area contributed by atoms with E-state index in [4.69, 9.17) is 5.26 Å². The Bertz CT molecular complexity index is 923. The average molecular weight is 459 g/mol. The van der Waals surface area contributed by atoms with Crippen molar-refractivity contribution >= 4 is 40.8 Å². The number of H-pyrrole nitrogens is 1. The Balaban J connectivity index is 0.00000243. The zero-order chi connectivity index (χ0) is 17.5. The van der Waals surface area contributed by atoms with E-state index in [1.165, 1.54) is 10.9 Å². The largest absolute Gasteiger partial charge is 0.361 e. The van der Waals surface area contributed by atoms with Gasteiger partial charge in [-0.25, -0.2) is 0 Å². The number of nitrogens with zero attached hydrogens (tertiary/aromatic N) is 2. The van der Waals surface area contributed by atoms with E-state index >= 15 is 0 Å². The van der Waals surface area contributed by atoms with Gasteiger partial charge in [0.2, 0.25) is 0 Å². The van der Waals surface area contributed by atoms with Crippen molar-refractivity contribution in [2.45, 2.75) is 13.0 Å². The monoisotopic (exact) mass is 459 g/mol. The summed E-state index contributed by atoms with van der Waals surface area (Å²) in [6.07, 6.45) is 2.98.